The zero-order valence-electron chi connectivity index (χ0n) is 20.0. The van der Waals surface area contributed by atoms with Crippen molar-refractivity contribution in [2.24, 2.45) is 4.99 Å². The van der Waals surface area contributed by atoms with E-state index < -0.39 is 11.8 Å². The summed E-state index contributed by atoms with van der Waals surface area (Å²) in [6.45, 7) is 3.80. The number of carbonyl (C=O) groups excluding carboxylic acids is 2. The lowest BCUT2D eigenvalue weighted by Crippen LogP contribution is -2.43. The maximum atomic E-state index is 12.9. The molecule has 1 aromatic carbocycles. The van der Waals surface area contributed by atoms with Gasteiger partial charge in [0.1, 0.15) is 18.1 Å². The summed E-state index contributed by atoms with van der Waals surface area (Å²) in [6, 6.07) is 4.54. The van der Waals surface area contributed by atoms with E-state index in [1.54, 1.807) is 18.2 Å². The number of guanidine groups is 1. The van der Waals surface area contributed by atoms with Crippen LogP contribution in [0.1, 0.15) is 40.2 Å². The summed E-state index contributed by atoms with van der Waals surface area (Å²) in [4.78, 5) is 39.4. The molecule has 194 valence electrons. The highest BCUT2D eigenvalue weighted by Gasteiger charge is 2.30. The summed E-state index contributed by atoms with van der Waals surface area (Å²) < 4.78 is 5.95. The van der Waals surface area contributed by atoms with E-state index in [2.05, 4.69) is 35.8 Å². The van der Waals surface area contributed by atoms with E-state index >= 15 is 0 Å². The summed E-state index contributed by atoms with van der Waals surface area (Å²) in [6.07, 6.45) is 10.9. The molecule has 37 heavy (non-hydrogen) atoms. The fourth-order valence-electron chi connectivity index (χ4n) is 4.48. The van der Waals surface area contributed by atoms with Crippen molar-refractivity contribution in [1.82, 2.24) is 25.5 Å². The van der Waals surface area contributed by atoms with E-state index in [4.69, 9.17) is 27.9 Å². The standard InChI is InChI=1S/C25H27Cl2N7O3/c26-16-5-4-6-17(27)20(16)32-23(35)21-22(29-14-28-21)24(36)33-25-30-18-8-7-15(13-19(18)31-25)37-12-11-34-9-2-1-3-10-34/h4-8,13-14,18-19H,1-3,9-12H2,(H,28,29)(H,32,35)(H2,30,31,33,36). The molecule has 1 aliphatic carbocycles. The number of aliphatic imine (C=N–C) groups is 1. The van der Waals surface area contributed by atoms with E-state index in [0.29, 0.717) is 12.6 Å². The fraction of sp³-hybridized carbons (Fsp3) is 0.360. The van der Waals surface area contributed by atoms with E-state index in [1.165, 1.54) is 25.6 Å². The Labute approximate surface area is 224 Å². The number of halogens is 2. The number of hydrogen-bond acceptors (Lipinski definition) is 7. The van der Waals surface area contributed by atoms with Gasteiger partial charge in [-0.3, -0.25) is 19.8 Å². The molecule has 2 aliphatic heterocycles. The average molecular weight is 544 g/mol. The van der Waals surface area contributed by atoms with Crippen molar-refractivity contribution in [1.29, 1.82) is 0 Å². The molecular formula is C25H27Cl2N7O3. The van der Waals surface area contributed by atoms with Crippen LogP contribution < -0.4 is 16.0 Å². The Hall–Kier alpha value is -3.34. The van der Waals surface area contributed by atoms with Crippen LogP contribution in [-0.2, 0) is 4.74 Å². The molecule has 3 heterocycles. The molecule has 0 spiro atoms. The largest absolute Gasteiger partial charge is 0.493 e. The number of carbonyl (C=O) groups is 2. The van der Waals surface area contributed by atoms with Crippen LogP contribution in [0.15, 0.2) is 53.5 Å². The van der Waals surface area contributed by atoms with Gasteiger partial charge in [0.15, 0.2) is 11.7 Å². The van der Waals surface area contributed by atoms with E-state index in [0.717, 1.165) is 25.4 Å². The van der Waals surface area contributed by atoms with Crippen molar-refractivity contribution in [2.45, 2.75) is 31.3 Å². The number of benzene rings is 1. The van der Waals surface area contributed by atoms with Gasteiger partial charge in [0.05, 0.1) is 34.1 Å². The Kier molecular flexibility index (Phi) is 7.78. The van der Waals surface area contributed by atoms with E-state index in [-0.39, 0.29) is 39.2 Å². The van der Waals surface area contributed by atoms with Crippen LogP contribution in [0, 0.1) is 0 Å². The number of ether oxygens (including phenoxy) is 1. The van der Waals surface area contributed by atoms with Crippen molar-refractivity contribution >= 4 is 46.7 Å². The molecule has 10 nitrogen and oxygen atoms in total. The molecule has 0 bridgehead atoms. The minimum atomic E-state index is -0.631. The zero-order chi connectivity index (χ0) is 25.8. The van der Waals surface area contributed by atoms with Crippen LogP contribution in [0.25, 0.3) is 0 Å². The van der Waals surface area contributed by atoms with E-state index in [1.807, 2.05) is 18.2 Å². The van der Waals surface area contributed by atoms with Crippen molar-refractivity contribution in [2.75, 3.05) is 31.6 Å². The van der Waals surface area contributed by atoms with Gasteiger partial charge in [0.25, 0.3) is 11.8 Å². The van der Waals surface area contributed by atoms with Crippen molar-refractivity contribution < 1.29 is 14.3 Å². The number of likely N-dealkylation sites (tertiary alicyclic amines) is 1. The Morgan fingerprint density at radius 2 is 1.89 bits per heavy atom. The van der Waals surface area contributed by atoms with Gasteiger partial charge in [-0.25, -0.2) is 9.98 Å². The Morgan fingerprint density at radius 1 is 1.11 bits per heavy atom. The number of nitrogens with zero attached hydrogens (tertiary/aromatic N) is 3. The Bertz CT molecular complexity index is 1250. The number of para-hydroxylation sites is 1. The number of piperidine rings is 1. The van der Waals surface area contributed by atoms with Crippen LogP contribution >= 0.6 is 23.2 Å². The van der Waals surface area contributed by atoms with Gasteiger partial charge in [-0.2, -0.15) is 0 Å². The van der Waals surface area contributed by atoms with Crippen LogP contribution in [0.3, 0.4) is 0 Å². The first kappa shape index (κ1) is 25.3. The second-order valence-electron chi connectivity index (χ2n) is 8.95. The maximum Gasteiger partial charge on any atom is 0.276 e. The lowest BCUT2D eigenvalue weighted by molar-refractivity contribution is 0.0954. The normalized spacial score (nSPS) is 20.9. The first-order valence-electron chi connectivity index (χ1n) is 12.2. The first-order valence-corrected chi connectivity index (χ1v) is 12.9. The molecule has 0 saturated carbocycles. The number of fused-ring (bicyclic) bond motifs is 1. The lowest BCUT2D eigenvalue weighted by Gasteiger charge is -2.26. The third-order valence-corrected chi connectivity index (χ3v) is 7.02. The number of H-pyrrole nitrogens is 1. The van der Waals surface area contributed by atoms with Crippen molar-refractivity contribution in [3.05, 3.63) is 69.9 Å². The third-order valence-electron chi connectivity index (χ3n) is 6.39. The van der Waals surface area contributed by atoms with Gasteiger partial charge in [-0.15, -0.1) is 0 Å². The SMILES string of the molecule is O=C(Nc1c(Cl)cccc1Cl)c1nc[nH]c1C(=O)NC1=NC2C=CC(OCCN3CCCCC3)=CC2N1. The molecule has 2 aromatic rings. The third kappa shape index (κ3) is 5.98. The number of amides is 2. The molecule has 2 amide bonds. The van der Waals surface area contributed by atoms with E-state index in [9.17, 15) is 9.59 Å². The number of anilines is 1. The summed E-state index contributed by atoms with van der Waals surface area (Å²) >= 11 is 12.3. The van der Waals surface area contributed by atoms with Gasteiger partial charge in [-0.1, -0.05) is 41.8 Å². The van der Waals surface area contributed by atoms with Crippen molar-refractivity contribution in [3.63, 3.8) is 0 Å². The molecule has 1 fully saturated rings. The molecular weight excluding hydrogens is 517 g/mol. The van der Waals surface area contributed by atoms with Crippen molar-refractivity contribution in [3.8, 4) is 0 Å². The highest BCUT2D eigenvalue weighted by atomic mass is 35.5. The number of imidazole rings is 1. The Balaban J connectivity index is 1.16. The summed E-state index contributed by atoms with van der Waals surface area (Å²) in [5.74, 6) is -0.123. The summed E-state index contributed by atoms with van der Waals surface area (Å²) in [5, 5.41) is 9.04. The minimum Gasteiger partial charge on any atom is -0.493 e. The summed E-state index contributed by atoms with van der Waals surface area (Å²) in [5.41, 5.74) is 0.116. The molecule has 0 radical (unpaired) electrons. The average Bonchev–Trinajstić information content (AvgIpc) is 3.54. The predicted octanol–water partition coefficient (Wildman–Crippen LogP) is 3.35. The first-order chi connectivity index (χ1) is 18.0. The number of hydrogen-bond donors (Lipinski definition) is 4. The van der Waals surface area contributed by atoms with Crippen LogP contribution in [0.2, 0.25) is 10.0 Å². The van der Waals surface area contributed by atoms with Gasteiger partial charge < -0.3 is 20.4 Å². The number of allylic oxidation sites excluding steroid dienone is 1. The minimum absolute atomic E-state index is 0.0205. The highest BCUT2D eigenvalue weighted by molar-refractivity contribution is 6.40. The molecule has 2 atom stereocenters. The fourth-order valence-corrected chi connectivity index (χ4v) is 4.97. The number of aromatic nitrogens is 2. The molecule has 12 heteroatoms. The number of nitrogens with one attached hydrogen (secondary N) is 4. The predicted molar refractivity (Wildman–Crippen MR) is 142 cm³/mol. The quantitative estimate of drug-likeness (QED) is 0.424. The number of rotatable bonds is 7. The van der Waals surface area contributed by atoms with Crippen LogP contribution in [-0.4, -0.2) is 71.0 Å². The maximum absolute atomic E-state index is 12.9. The lowest BCUT2D eigenvalue weighted by atomic mass is 10.0. The molecule has 1 saturated heterocycles. The zero-order valence-corrected chi connectivity index (χ0v) is 21.5. The smallest absolute Gasteiger partial charge is 0.276 e. The van der Waals surface area contributed by atoms with Gasteiger partial charge in [0.2, 0.25) is 0 Å². The molecule has 4 N–H and O–H groups in total. The molecule has 2 unspecified atom stereocenters. The monoisotopic (exact) mass is 543 g/mol. The Morgan fingerprint density at radius 3 is 2.68 bits per heavy atom. The molecule has 1 aromatic heterocycles. The molecule has 3 aliphatic rings. The number of aromatic amines is 1. The van der Waals surface area contributed by atoms with Gasteiger partial charge in [-0.05, 0) is 50.2 Å². The van der Waals surface area contributed by atoms with Crippen LogP contribution in [0.4, 0.5) is 5.69 Å². The molecule has 5 rings (SSSR count). The van der Waals surface area contributed by atoms with Gasteiger partial charge >= 0.3 is 0 Å². The van der Waals surface area contributed by atoms with Gasteiger partial charge in [0, 0.05) is 6.54 Å². The second kappa shape index (κ2) is 11.4. The second-order valence-corrected chi connectivity index (χ2v) is 9.76. The van der Waals surface area contributed by atoms with Crippen LogP contribution in [0.5, 0.6) is 0 Å². The highest BCUT2D eigenvalue weighted by Crippen LogP contribution is 2.30. The topological polar surface area (TPSA) is 124 Å². The summed E-state index contributed by atoms with van der Waals surface area (Å²) in [7, 11) is 0.